The normalized spacial score (nSPS) is 14.2. The summed E-state index contributed by atoms with van der Waals surface area (Å²) in [4.78, 5) is 23.7. The summed E-state index contributed by atoms with van der Waals surface area (Å²) in [6, 6.07) is 5.20. The molecule has 2 N–H and O–H groups in total. The van der Waals surface area contributed by atoms with E-state index in [-0.39, 0.29) is 10.7 Å². The molecule has 0 aliphatic carbocycles. The molecule has 2 amide bonds. The van der Waals surface area contributed by atoms with Gasteiger partial charge in [0.1, 0.15) is 5.57 Å². The lowest BCUT2D eigenvalue weighted by molar-refractivity contribution is -0.123. The summed E-state index contributed by atoms with van der Waals surface area (Å²) in [5, 5.41) is 5.48. The number of thiocarbonyl (C=S) groups is 1. The number of hydrogen-bond acceptors (Lipinski definition) is 5. The van der Waals surface area contributed by atoms with Crippen LogP contribution < -0.4 is 20.1 Å². The molecule has 23 heavy (non-hydrogen) atoms. The van der Waals surface area contributed by atoms with E-state index in [0.29, 0.717) is 35.6 Å². The zero-order valence-corrected chi connectivity index (χ0v) is 14.8. The standard InChI is InChI=1S/C15H15BrN2O4S/c1-2-21-12-8-9(3-4-11(12)22-6-5-16)7-10-13(19)17-15(23)18-14(10)20/h3-4,7-8H,2,5-6H2,1H3,(H2,17,18,19,20,23). The first-order valence-electron chi connectivity index (χ1n) is 6.89. The van der Waals surface area contributed by atoms with Gasteiger partial charge in [-0.05, 0) is 42.9 Å². The van der Waals surface area contributed by atoms with E-state index < -0.39 is 11.8 Å². The minimum Gasteiger partial charge on any atom is -0.490 e. The van der Waals surface area contributed by atoms with Crippen LogP contribution in [0.5, 0.6) is 11.5 Å². The monoisotopic (exact) mass is 398 g/mol. The van der Waals surface area contributed by atoms with E-state index in [1.54, 1.807) is 18.2 Å². The molecule has 1 saturated heterocycles. The van der Waals surface area contributed by atoms with Crippen LogP contribution in [-0.4, -0.2) is 35.5 Å². The van der Waals surface area contributed by atoms with Gasteiger partial charge >= 0.3 is 0 Å². The number of ether oxygens (including phenoxy) is 2. The van der Waals surface area contributed by atoms with Gasteiger partial charge in [-0.25, -0.2) is 0 Å². The lowest BCUT2D eigenvalue weighted by Crippen LogP contribution is -2.51. The average molecular weight is 399 g/mol. The minimum atomic E-state index is -0.531. The molecule has 122 valence electrons. The highest BCUT2D eigenvalue weighted by Crippen LogP contribution is 2.29. The van der Waals surface area contributed by atoms with Gasteiger partial charge in [-0.2, -0.15) is 0 Å². The molecule has 1 fully saturated rings. The molecule has 0 bridgehead atoms. The maximum absolute atomic E-state index is 11.8. The lowest BCUT2D eigenvalue weighted by atomic mass is 10.1. The summed E-state index contributed by atoms with van der Waals surface area (Å²) in [5.41, 5.74) is 0.628. The highest BCUT2D eigenvalue weighted by atomic mass is 79.9. The van der Waals surface area contributed by atoms with E-state index in [4.69, 9.17) is 21.7 Å². The summed E-state index contributed by atoms with van der Waals surface area (Å²) < 4.78 is 11.1. The summed E-state index contributed by atoms with van der Waals surface area (Å²) in [6.45, 7) is 2.84. The van der Waals surface area contributed by atoms with Crippen molar-refractivity contribution in [1.29, 1.82) is 0 Å². The van der Waals surface area contributed by atoms with Crippen LogP contribution in [0.15, 0.2) is 23.8 Å². The third kappa shape index (κ3) is 4.52. The van der Waals surface area contributed by atoms with Gasteiger partial charge in [-0.1, -0.05) is 22.0 Å². The first kappa shape index (κ1) is 17.4. The van der Waals surface area contributed by atoms with Crippen molar-refractivity contribution < 1.29 is 19.1 Å². The Morgan fingerprint density at radius 2 is 1.87 bits per heavy atom. The first-order chi connectivity index (χ1) is 11.0. The summed E-state index contributed by atoms with van der Waals surface area (Å²) >= 11 is 8.05. The van der Waals surface area contributed by atoms with E-state index in [9.17, 15) is 9.59 Å². The van der Waals surface area contributed by atoms with Crippen molar-refractivity contribution in [3.05, 3.63) is 29.3 Å². The minimum absolute atomic E-state index is 0.00526. The zero-order valence-electron chi connectivity index (χ0n) is 12.3. The topological polar surface area (TPSA) is 76.7 Å². The number of nitrogens with one attached hydrogen (secondary N) is 2. The van der Waals surface area contributed by atoms with Crippen molar-refractivity contribution >= 4 is 51.2 Å². The molecule has 0 radical (unpaired) electrons. The highest BCUT2D eigenvalue weighted by Gasteiger charge is 2.25. The number of hydrogen-bond donors (Lipinski definition) is 2. The molecular weight excluding hydrogens is 384 g/mol. The van der Waals surface area contributed by atoms with Crippen molar-refractivity contribution in [2.45, 2.75) is 6.92 Å². The molecular formula is C15H15BrN2O4S. The molecule has 0 atom stereocenters. The lowest BCUT2D eigenvalue weighted by Gasteiger charge is -2.16. The second kappa shape index (κ2) is 8.07. The van der Waals surface area contributed by atoms with Crippen LogP contribution in [0.1, 0.15) is 12.5 Å². The second-order valence-corrected chi connectivity index (χ2v) is 5.67. The van der Waals surface area contributed by atoms with Crippen molar-refractivity contribution in [2.24, 2.45) is 0 Å². The number of halogens is 1. The van der Waals surface area contributed by atoms with Crippen LogP contribution in [0.3, 0.4) is 0 Å². The third-order valence-corrected chi connectivity index (χ3v) is 3.38. The van der Waals surface area contributed by atoms with Crippen LogP contribution in [0.4, 0.5) is 0 Å². The molecule has 1 aliphatic heterocycles. The van der Waals surface area contributed by atoms with Crippen molar-refractivity contribution in [3.63, 3.8) is 0 Å². The molecule has 2 rings (SSSR count). The molecule has 6 nitrogen and oxygen atoms in total. The Morgan fingerprint density at radius 1 is 1.17 bits per heavy atom. The smallest absolute Gasteiger partial charge is 0.263 e. The maximum atomic E-state index is 11.8. The van der Waals surface area contributed by atoms with E-state index in [1.165, 1.54) is 6.08 Å². The van der Waals surface area contributed by atoms with Crippen molar-refractivity contribution in [2.75, 3.05) is 18.5 Å². The van der Waals surface area contributed by atoms with Gasteiger partial charge in [0, 0.05) is 5.33 Å². The zero-order chi connectivity index (χ0) is 16.8. The Balaban J connectivity index is 2.30. The second-order valence-electron chi connectivity index (χ2n) is 4.47. The number of carbonyl (C=O) groups excluding carboxylic acids is 2. The molecule has 8 heteroatoms. The molecule has 1 aliphatic rings. The van der Waals surface area contributed by atoms with E-state index in [2.05, 4.69) is 26.6 Å². The van der Waals surface area contributed by atoms with Gasteiger partial charge in [0.25, 0.3) is 11.8 Å². The third-order valence-electron chi connectivity index (χ3n) is 2.86. The SMILES string of the molecule is CCOc1cc(C=C2C(=O)NC(=S)NC2=O)ccc1OCCBr. The molecule has 1 heterocycles. The van der Waals surface area contributed by atoms with Crippen LogP contribution in [0, 0.1) is 0 Å². The van der Waals surface area contributed by atoms with Crippen LogP contribution >= 0.6 is 28.1 Å². The fraction of sp³-hybridized carbons (Fsp3) is 0.267. The summed E-state index contributed by atoms with van der Waals surface area (Å²) in [7, 11) is 0. The Kier molecular flexibility index (Phi) is 6.12. The van der Waals surface area contributed by atoms with Crippen molar-refractivity contribution in [1.82, 2.24) is 10.6 Å². The van der Waals surface area contributed by atoms with Gasteiger partial charge in [-0.3, -0.25) is 20.2 Å². The van der Waals surface area contributed by atoms with E-state index in [0.717, 1.165) is 0 Å². The molecule has 0 unspecified atom stereocenters. The van der Waals surface area contributed by atoms with Crippen LogP contribution in [0.2, 0.25) is 0 Å². The molecule has 0 saturated carbocycles. The number of carbonyl (C=O) groups is 2. The van der Waals surface area contributed by atoms with E-state index >= 15 is 0 Å². The van der Waals surface area contributed by atoms with Crippen LogP contribution in [-0.2, 0) is 9.59 Å². The quantitative estimate of drug-likeness (QED) is 0.330. The Hall–Kier alpha value is -1.93. The van der Waals surface area contributed by atoms with Gasteiger partial charge in [-0.15, -0.1) is 0 Å². The van der Waals surface area contributed by atoms with Gasteiger partial charge in [0.2, 0.25) is 0 Å². The Labute approximate surface area is 147 Å². The number of amides is 2. The summed E-state index contributed by atoms with van der Waals surface area (Å²) in [6.07, 6.45) is 1.48. The molecule has 1 aromatic rings. The van der Waals surface area contributed by atoms with Crippen LogP contribution in [0.25, 0.3) is 6.08 Å². The first-order valence-corrected chi connectivity index (χ1v) is 8.42. The Morgan fingerprint density at radius 3 is 2.48 bits per heavy atom. The van der Waals surface area contributed by atoms with E-state index in [1.807, 2.05) is 6.92 Å². The number of alkyl halides is 1. The number of rotatable bonds is 6. The van der Waals surface area contributed by atoms with Gasteiger partial charge in [0.05, 0.1) is 13.2 Å². The predicted molar refractivity (Wildman–Crippen MR) is 93.8 cm³/mol. The predicted octanol–water partition coefficient (Wildman–Crippen LogP) is 1.77. The average Bonchev–Trinajstić information content (AvgIpc) is 2.50. The molecule has 0 spiro atoms. The fourth-order valence-electron chi connectivity index (χ4n) is 1.92. The molecule has 0 aromatic heterocycles. The highest BCUT2D eigenvalue weighted by molar-refractivity contribution is 9.09. The summed E-state index contributed by atoms with van der Waals surface area (Å²) in [5.74, 6) is 0.0924. The Bertz CT molecular complexity index is 653. The van der Waals surface area contributed by atoms with Gasteiger partial charge in [0.15, 0.2) is 16.6 Å². The maximum Gasteiger partial charge on any atom is 0.263 e. The molecule has 1 aromatic carbocycles. The number of benzene rings is 1. The van der Waals surface area contributed by atoms with Gasteiger partial charge < -0.3 is 9.47 Å². The fourth-order valence-corrected chi connectivity index (χ4v) is 2.27. The van der Waals surface area contributed by atoms with Crippen molar-refractivity contribution in [3.8, 4) is 11.5 Å². The largest absolute Gasteiger partial charge is 0.490 e.